The summed E-state index contributed by atoms with van der Waals surface area (Å²) in [4.78, 5) is 0. The van der Waals surface area contributed by atoms with Gasteiger partial charge in [-0.3, -0.25) is 0 Å². The van der Waals surface area contributed by atoms with E-state index in [-0.39, 0.29) is 0 Å². The van der Waals surface area contributed by atoms with Crippen LogP contribution >= 0.6 is 15.9 Å². The first-order chi connectivity index (χ1) is 13.2. The molecule has 5 aromatic rings. The van der Waals surface area contributed by atoms with E-state index in [1.54, 1.807) is 0 Å². The van der Waals surface area contributed by atoms with Crippen LogP contribution in [0, 0.1) is 0 Å². The fourth-order valence-corrected chi connectivity index (χ4v) is 3.95. The molecule has 26 heavy (non-hydrogen) atoms. The van der Waals surface area contributed by atoms with Crippen molar-refractivity contribution in [3.05, 3.63) is 102 Å². The lowest BCUT2D eigenvalue weighted by Crippen LogP contribution is -1.93. The number of nitrogens with zero attached hydrogens (tertiary/aromatic N) is 1. The van der Waals surface area contributed by atoms with E-state index in [1.165, 1.54) is 11.1 Å². The first-order valence-electron chi connectivity index (χ1n) is 9.07. The summed E-state index contributed by atoms with van der Waals surface area (Å²) in [7, 11) is 0. The van der Waals surface area contributed by atoms with Crippen molar-refractivity contribution in [2.24, 2.45) is 0 Å². The number of para-hydroxylation sites is 1. The van der Waals surface area contributed by atoms with Gasteiger partial charge in [-0.15, -0.1) is 0 Å². The number of benzene rings is 4. The van der Waals surface area contributed by atoms with Crippen molar-refractivity contribution >= 4 is 37.7 Å². The minimum atomic E-state index is 0.529. The lowest BCUT2D eigenvalue weighted by molar-refractivity contribution is 1.18. The lowest BCUT2D eigenvalue weighted by Gasteiger charge is -2.09. The van der Waals surface area contributed by atoms with Crippen LogP contribution in [0.15, 0.2) is 102 Å². The van der Waals surface area contributed by atoms with E-state index in [4.69, 9.17) is 1.37 Å². The van der Waals surface area contributed by atoms with Crippen LogP contribution in [0.5, 0.6) is 0 Å². The van der Waals surface area contributed by atoms with Gasteiger partial charge in [-0.1, -0.05) is 76.6 Å². The monoisotopic (exact) mass is 398 g/mol. The van der Waals surface area contributed by atoms with Crippen molar-refractivity contribution in [1.82, 2.24) is 4.57 Å². The first-order valence-corrected chi connectivity index (χ1v) is 9.36. The van der Waals surface area contributed by atoms with Gasteiger partial charge in [-0.2, -0.15) is 0 Å². The topological polar surface area (TPSA) is 4.93 Å². The van der Waals surface area contributed by atoms with Gasteiger partial charge in [0, 0.05) is 20.9 Å². The molecule has 0 N–H and O–H groups in total. The average Bonchev–Trinajstić information content (AvgIpc) is 3.02. The Labute approximate surface area is 162 Å². The molecule has 1 aromatic heterocycles. The molecule has 0 bridgehead atoms. The predicted molar refractivity (Wildman–Crippen MR) is 114 cm³/mol. The Bertz CT molecular complexity index is 1210. The highest BCUT2D eigenvalue weighted by molar-refractivity contribution is 9.10. The van der Waals surface area contributed by atoms with Gasteiger partial charge in [0.2, 0.25) is 0 Å². The molecule has 0 saturated heterocycles. The molecule has 2 heteroatoms. The Hall–Kier alpha value is -2.84. The highest BCUT2D eigenvalue weighted by Gasteiger charge is 2.12. The number of rotatable bonds is 2. The molecule has 0 saturated carbocycles. The van der Waals surface area contributed by atoms with Crippen LogP contribution in [0.2, 0.25) is 0 Å². The first kappa shape index (κ1) is 14.3. The Morgan fingerprint density at radius 1 is 0.654 bits per heavy atom. The molecule has 0 aliphatic heterocycles. The third-order valence-corrected chi connectivity index (χ3v) is 5.30. The van der Waals surface area contributed by atoms with Crippen LogP contribution in [-0.2, 0) is 0 Å². The molecule has 0 aliphatic carbocycles. The van der Waals surface area contributed by atoms with Crippen molar-refractivity contribution in [1.29, 1.82) is 0 Å². The van der Waals surface area contributed by atoms with E-state index >= 15 is 0 Å². The van der Waals surface area contributed by atoms with E-state index < -0.39 is 0 Å². The maximum atomic E-state index is 8.02. The predicted octanol–water partition coefficient (Wildman–Crippen LogP) is 7.21. The highest BCUT2D eigenvalue weighted by Crippen LogP contribution is 2.34. The van der Waals surface area contributed by atoms with Gasteiger partial charge >= 0.3 is 0 Å². The van der Waals surface area contributed by atoms with Gasteiger partial charge < -0.3 is 4.57 Å². The van der Waals surface area contributed by atoms with Gasteiger partial charge in [0.05, 0.1) is 12.4 Å². The summed E-state index contributed by atoms with van der Waals surface area (Å²) in [6, 6.07) is 31.8. The number of hydrogen-bond acceptors (Lipinski definition) is 0. The summed E-state index contributed by atoms with van der Waals surface area (Å²) < 4.78 is 11.3. The van der Waals surface area contributed by atoms with Crippen LogP contribution in [0.3, 0.4) is 0 Å². The average molecular weight is 399 g/mol. The minimum Gasteiger partial charge on any atom is -0.309 e. The second-order valence-corrected chi connectivity index (χ2v) is 7.27. The number of hydrogen-bond donors (Lipinski definition) is 0. The SMILES string of the molecule is [2H]c1ccc2c(c1)c1cc(Br)ccc1n2-c1ccc(-c2ccccc2)cc1. The van der Waals surface area contributed by atoms with Gasteiger partial charge in [-0.05, 0) is 47.5 Å². The zero-order chi connectivity index (χ0) is 18.4. The number of fused-ring (bicyclic) bond motifs is 3. The molecule has 124 valence electrons. The minimum absolute atomic E-state index is 0.529. The molecule has 1 nitrogen and oxygen atoms in total. The van der Waals surface area contributed by atoms with E-state index in [1.807, 2.05) is 24.3 Å². The third-order valence-electron chi connectivity index (χ3n) is 4.80. The molecule has 0 spiro atoms. The lowest BCUT2D eigenvalue weighted by atomic mass is 10.1. The van der Waals surface area contributed by atoms with Crippen molar-refractivity contribution in [3.8, 4) is 16.8 Å². The molecular formula is C24H16BrN. The van der Waals surface area contributed by atoms with Crippen molar-refractivity contribution in [3.63, 3.8) is 0 Å². The highest BCUT2D eigenvalue weighted by atomic mass is 79.9. The summed E-state index contributed by atoms with van der Waals surface area (Å²) in [5.74, 6) is 0. The Morgan fingerprint density at radius 2 is 1.38 bits per heavy atom. The fourth-order valence-electron chi connectivity index (χ4n) is 3.59. The number of halogens is 1. The molecule has 0 amide bonds. The summed E-state index contributed by atoms with van der Waals surface area (Å²) in [5, 5.41) is 2.26. The summed E-state index contributed by atoms with van der Waals surface area (Å²) in [6.45, 7) is 0. The Morgan fingerprint density at radius 3 is 2.19 bits per heavy atom. The van der Waals surface area contributed by atoms with Crippen LogP contribution in [0.4, 0.5) is 0 Å². The fraction of sp³-hybridized carbons (Fsp3) is 0. The van der Waals surface area contributed by atoms with Crippen molar-refractivity contribution < 1.29 is 1.37 Å². The van der Waals surface area contributed by atoms with Gasteiger partial charge in [0.15, 0.2) is 0 Å². The largest absolute Gasteiger partial charge is 0.309 e. The van der Waals surface area contributed by atoms with Crippen LogP contribution in [-0.4, -0.2) is 4.57 Å². The molecule has 0 atom stereocenters. The van der Waals surface area contributed by atoms with Gasteiger partial charge in [0.25, 0.3) is 0 Å². The van der Waals surface area contributed by atoms with E-state index in [9.17, 15) is 0 Å². The molecule has 0 unspecified atom stereocenters. The second-order valence-electron chi connectivity index (χ2n) is 6.35. The van der Waals surface area contributed by atoms with E-state index in [0.29, 0.717) is 6.04 Å². The van der Waals surface area contributed by atoms with Crippen molar-refractivity contribution in [2.45, 2.75) is 0 Å². The standard InChI is InChI=1S/C24H16BrN/c25-19-12-15-24-22(16-19)21-8-4-5-9-23(21)26(24)20-13-10-18(11-14-20)17-6-2-1-3-7-17/h1-16H/i4D. The maximum absolute atomic E-state index is 8.02. The van der Waals surface area contributed by atoms with E-state index in [2.05, 4.69) is 87.2 Å². The molecular weight excluding hydrogens is 382 g/mol. The quantitative estimate of drug-likeness (QED) is 0.296. The molecule has 0 radical (unpaired) electrons. The van der Waals surface area contributed by atoms with Crippen LogP contribution < -0.4 is 0 Å². The molecule has 0 aliphatic rings. The van der Waals surface area contributed by atoms with Gasteiger partial charge in [0.1, 0.15) is 0 Å². The number of aromatic nitrogens is 1. The summed E-state index contributed by atoms with van der Waals surface area (Å²) in [5.41, 5.74) is 5.80. The molecule has 4 aromatic carbocycles. The van der Waals surface area contributed by atoms with Crippen molar-refractivity contribution in [2.75, 3.05) is 0 Å². The second kappa shape index (κ2) is 6.15. The normalized spacial score (nSPS) is 11.8. The Balaban J connectivity index is 1.74. The zero-order valence-corrected chi connectivity index (χ0v) is 15.6. The summed E-state index contributed by atoms with van der Waals surface area (Å²) >= 11 is 3.58. The molecule has 5 rings (SSSR count). The summed E-state index contributed by atoms with van der Waals surface area (Å²) in [6.07, 6.45) is 0. The van der Waals surface area contributed by atoms with Gasteiger partial charge in [-0.25, -0.2) is 0 Å². The van der Waals surface area contributed by atoms with E-state index in [0.717, 1.165) is 32.0 Å². The maximum Gasteiger partial charge on any atom is 0.0623 e. The van der Waals surface area contributed by atoms with Crippen LogP contribution in [0.1, 0.15) is 1.37 Å². The molecule has 1 heterocycles. The Kier molecular flexibility index (Phi) is 3.39. The molecule has 0 fully saturated rings. The zero-order valence-electron chi connectivity index (χ0n) is 15.0. The third kappa shape index (κ3) is 2.46. The smallest absolute Gasteiger partial charge is 0.0623 e. The van der Waals surface area contributed by atoms with Crippen LogP contribution in [0.25, 0.3) is 38.6 Å².